The van der Waals surface area contributed by atoms with Crippen molar-refractivity contribution in [1.29, 1.82) is 0 Å². The van der Waals surface area contributed by atoms with Crippen LogP contribution in [0.5, 0.6) is 0 Å². The SMILES string of the molecule is Cc1ccc(NC(C)c2cccnc2)cc1Cl. The standard InChI is InChI=1S/C14H15ClN2/c1-10-5-6-13(8-14(10)15)17-11(2)12-4-3-7-16-9-12/h3-9,11,17H,1-2H3. The average Bonchev–Trinajstić information content (AvgIpc) is 2.35. The molecule has 0 fully saturated rings. The topological polar surface area (TPSA) is 24.9 Å². The number of aryl methyl sites for hydroxylation is 1. The molecular formula is C14H15ClN2. The van der Waals surface area contributed by atoms with Crippen LogP contribution < -0.4 is 5.32 Å². The van der Waals surface area contributed by atoms with E-state index >= 15 is 0 Å². The molecule has 0 saturated heterocycles. The molecule has 1 atom stereocenters. The molecule has 3 heteroatoms. The van der Waals surface area contributed by atoms with Crippen molar-refractivity contribution < 1.29 is 0 Å². The summed E-state index contributed by atoms with van der Waals surface area (Å²) in [5, 5.41) is 4.19. The second-order valence-electron chi connectivity index (χ2n) is 4.12. The summed E-state index contributed by atoms with van der Waals surface area (Å²) >= 11 is 6.09. The summed E-state index contributed by atoms with van der Waals surface area (Å²) in [5.41, 5.74) is 3.27. The largest absolute Gasteiger partial charge is 0.378 e. The normalized spacial score (nSPS) is 12.2. The highest BCUT2D eigenvalue weighted by molar-refractivity contribution is 6.31. The molecule has 1 N–H and O–H groups in total. The number of hydrogen-bond acceptors (Lipinski definition) is 2. The summed E-state index contributed by atoms with van der Waals surface area (Å²) in [4.78, 5) is 4.11. The zero-order valence-corrected chi connectivity index (χ0v) is 10.7. The number of hydrogen-bond donors (Lipinski definition) is 1. The molecule has 0 amide bonds. The van der Waals surface area contributed by atoms with E-state index in [1.54, 1.807) is 6.20 Å². The maximum absolute atomic E-state index is 6.09. The molecule has 0 aliphatic heterocycles. The summed E-state index contributed by atoms with van der Waals surface area (Å²) in [5.74, 6) is 0. The summed E-state index contributed by atoms with van der Waals surface area (Å²) < 4.78 is 0. The number of rotatable bonds is 3. The van der Waals surface area contributed by atoms with Gasteiger partial charge >= 0.3 is 0 Å². The van der Waals surface area contributed by atoms with Crippen LogP contribution in [-0.4, -0.2) is 4.98 Å². The Bertz CT molecular complexity index is 497. The van der Waals surface area contributed by atoms with Crippen molar-refractivity contribution in [3.63, 3.8) is 0 Å². The Morgan fingerprint density at radius 3 is 2.76 bits per heavy atom. The Kier molecular flexibility index (Phi) is 3.64. The van der Waals surface area contributed by atoms with Gasteiger partial charge in [0.05, 0.1) is 6.04 Å². The van der Waals surface area contributed by atoms with Gasteiger partial charge in [0.2, 0.25) is 0 Å². The van der Waals surface area contributed by atoms with Gasteiger partial charge in [0, 0.05) is 23.1 Å². The quantitative estimate of drug-likeness (QED) is 0.877. The van der Waals surface area contributed by atoms with E-state index in [-0.39, 0.29) is 6.04 Å². The number of aromatic nitrogens is 1. The number of benzene rings is 1. The molecule has 1 aromatic heterocycles. The molecule has 0 aliphatic rings. The lowest BCUT2D eigenvalue weighted by Gasteiger charge is -2.15. The van der Waals surface area contributed by atoms with Gasteiger partial charge in [-0.3, -0.25) is 4.98 Å². The van der Waals surface area contributed by atoms with Gasteiger partial charge in [0.15, 0.2) is 0 Å². The fraction of sp³-hybridized carbons (Fsp3) is 0.214. The molecular weight excluding hydrogens is 232 g/mol. The van der Waals surface area contributed by atoms with Crippen LogP contribution in [0.15, 0.2) is 42.7 Å². The maximum atomic E-state index is 6.09. The summed E-state index contributed by atoms with van der Waals surface area (Å²) in [6, 6.07) is 10.2. The van der Waals surface area contributed by atoms with E-state index < -0.39 is 0 Å². The molecule has 0 spiro atoms. The van der Waals surface area contributed by atoms with E-state index in [9.17, 15) is 0 Å². The molecule has 2 rings (SSSR count). The number of nitrogens with one attached hydrogen (secondary N) is 1. The van der Waals surface area contributed by atoms with Gasteiger partial charge < -0.3 is 5.32 Å². The first kappa shape index (κ1) is 11.9. The van der Waals surface area contributed by atoms with Crippen LogP contribution in [0.3, 0.4) is 0 Å². The monoisotopic (exact) mass is 246 g/mol. The number of pyridine rings is 1. The van der Waals surface area contributed by atoms with Crippen LogP contribution >= 0.6 is 11.6 Å². The highest BCUT2D eigenvalue weighted by Gasteiger charge is 2.05. The Morgan fingerprint density at radius 1 is 1.29 bits per heavy atom. The number of nitrogens with zero attached hydrogens (tertiary/aromatic N) is 1. The van der Waals surface area contributed by atoms with Gasteiger partial charge in [-0.25, -0.2) is 0 Å². The van der Waals surface area contributed by atoms with Crippen LogP contribution in [0.1, 0.15) is 24.1 Å². The minimum Gasteiger partial charge on any atom is -0.378 e. The van der Waals surface area contributed by atoms with E-state index in [1.807, 2.05) is 37.4 Å². The zero-order valence-electron chi connectivity index (χ0n) is 9.94. The van der Waals surface area contributed by atoms with Crippen LogP contribution in [0.2, 0.25) is 5.02 Å². The van der Waals surface area contributed by atoms with Crippen LogP contribution in [0.4, 0.5) is 5.69 Å². The molecule has 88 valence electrons. The lowest BCUT2D eigenvalue weighted by atomic mass is 10.1. The van der Waals surface area contributed by atoms with Crippen molar-refractivity contribution in [3.8, 4) is 0 Å². The van der Waals surface area contributed by atoms with Gasteiger partial charge in [-0.2, -0.15) is 0 Å². The Hall–Kier alpha value is -1.54. The first-order valence-corrected chi connectivity index (χ1v) is 5.97. The van der Waals surface area contributed by atoms with Crippen LogP contribution in [0, 0.1) is 6.92 Å². The summed E-state index contributed by atoms with van der Waals surface area (Å²) in [6.07, 6.45) is 3.65. The minimum absolute atomic E-state index is 0.211. The predicted molar refractivity (Wildman–Crippen MR) is 72.5 cm³/mol. The van der Waals surface area contributed by atoms with E-state index in [0.717, 1.165) is 21.8 Å². The van der Waals surface area contributed by atoms with Crippen molar-refractivity contribution in [2.24, 2.45) is 0 Å². The minimum atomic E-state index is 0.211. The van der Waals surface area contributed by atoms with E-state index in [1.165, 1.54) is 0 Å². The highest BCUT2D eigenvalue weighted by atomic mass is 35.5. The number of halogens is 1. The highest BCUT2D eigenvalue weighted by Crippen LogP contribution is 2.23. The third-order valence-electron chi connectivity index (χ3n) is 2.74. The smallest absolute Gasteiger partial charge is 0.0500 e. The van der Waals surface area contributed by atoms with Crippen LogP contribution in [0.25, 0.3) is 0 Å². The molecule has 0 radical (unpaired) electrons. The zero-order chi connectivity index (χ0) is 12.3. The molecule has 0 aliphatic carbocycles. The first-order valence-electron chi connectivity index (χ1n) is 5.59. The van der Waals surface area contributed by atoms with Crippen molar-refractivity contribution in [3.05, 3.63) is 58.9 Å². The lowest BCUT2D eigenvalue weighted by Crippen LogP contribution is -2.06. The molecule has 1 heterocycles. The molecule has 0 saturated carbocycles. The second kappa shape index (κ2) is 5.19. The third kappa shape index (κ3) is 2.98. The van der Waals surface area contributed by atoms with Crippen LogP contribution in [-0.2, 0) is 0 Å². The van der Waals surface area contributed by atoms with Crippen molar-refractivity contribution in [2.45, 2.75) is 19.9 Å². The maximum Gasteiger partial charge on any atom is 0.0500 e. The molecule has 17 heavy (non-hydrogen) atoms. The molecule has 1 unspecified atom stereocenters. The molecule has 2 aromatic rings. The second-order valence-corrected chi connectivity index (χ2v) is 4.52. The molecule has 2 nitrogen and oxygen atoms in total. The Balaban J connectivity index is 2.13. The van der Waals surface area contributed by atoms with E-state index in [0.29, 0.717) is 0 Å². The lowest BCUT2D eigenvalue weighted by molar-refractivity contribution is 0.875. The van der Waals surface area contributed by atoms with Crippen molar-refractivity contribution in [2.75, 3.05) is 5.32 Å². The predicted octanol–water partition coefficient (Wildman–Crippen LogP) is 4.22. The van der Waals surface area contributed by atoms with Crippen molar-refractivity contribution >= 4 is 17.3 Å². The fourth-order valence-electron chi connectivity index (χ4n) is 1.65. The Labute approximate surface area is 107 Å². The summed E-state index contributed by atoms with van der Waals surface area (Å²) in [7, 11) is 0. The third-order valence-corrected chi connectivity index (χ3v) is 3.15. The van der Waals surface area contributed by atoms with Gasteiger partial charge in [0.1, 0.15) is 0 Å². The van der Waals surface area contributed by atoms with Crippen molar-refractivity contribution in [1.82, 2.24) is 4.98 Å². The summed E-state index contributed by atoms with van der Waals surface area (Å²) in [6.45, 7) is 4.10. The van der Waals surface area contributed by atoms with Gasteiger partial charge in [-0.1, -0.05) is 23.7 Å². The van der Waals surface area contributed by atoms with Gasteiger partial charge in [-0.05, 0) is 43.2 Å². The average molecular weight is 247 g/mol. The van der Waals surface area contributed by atoms with E-state index in [4.69, 9.17) is 11.6 Å². The number of anilines is 1. The van der Waals surface area contributed by atoms with E-state index in [2.05, 4.69) is 23.3 Å². The van der Waals surface area contributed by atoms with Gasteiger partial charge in [0.25, 0.3) is 0 Å². The Morgan fingerprint density at radius 2 is 2.12 bits per heavy atom. The molecule has 0 bridgehead atoms. The fourth-order valence-corrected chi connectivity index (χ4v) is 1.83. The first-order chi connectivity index (χ1) is 8.16. The molecule has 1 aromatic carbocycles. The van der Waals surface area contributed by atoms with Gasteiger partial charge in [-0.15, -0.1) is 0 Å².